The van der Waals surface area contributed by atoms with Crippen molar-refractivity contribution in [2.24, 2.45) is 5.73 Å². The molecule has 3 aromatic heterocycles. The van der Waals surface area contributed by atoms with Crippen LogP contribution in [0.1, 0.15) is 37.8 Å². The number of carbonyl (C=O) groups excluding carboxylic acids is 1. The van der Waals surface area contributed by atoms with Gasteiger partial charge in [-0.15, -0.1) is 0 Å². The molecule has 0 atom stereocenters. The Hall–Kier alpha value is -3.79. The first-order chi connectivity index (χ1) is 16.9. The van der Waals surface area contributed by atoms with Crippen LogP contribution in [0.15, 0.2) is 45.7 Å². The average molecular weight is 482 g/mol. The van der Waals surface area contributed by atoms with Crippen molar-refractivity contribution in [2.45, 2.75) is 44.7 Å². The molecule has 0 saturated heterocycles. The molecular weight excluding hydrogens is 458 g/mol. The number of H-pyrrole nitrogens is 1. The van der Waals surface area contributed by atoms with Gasteiger partial charge in [-0.25, -0.2) is 18.6 Å². The van der Waals surface area contributed by atoms with E-state index in [1.54, 1.807) is 11.0 Å². The molecule has 0 radical (unpaired) electrons. The van der Waals surface area contributed by atoms with Crippen molar-refractivity contribution in [2.75, 3.05) is 11.5 Å². The monoisotopic (exact) mass is 482 g/mol. The van der Waals surface area contributed by atoms with E-state index in [4.69, 9.17) is 14.9 Å². The lowest BCUT2D eigenvalue weighted by molar-refractivity contribution is -0.122. The summed E-state index contributed by atoms with van der Waals surface area (Å²) in [7, 11) is 0. The van der Waals surface area contributed by atoms with Crippen LogP contribution >= 0.6 is 0 Å². The zero-order valence-corrected chi connectivity index (χ0v) is 18.9. The summed E-state index contributed by atoms with van der Waals surface area (Å²) in [5, 5.41) is 0.933. The highest BCUT2D eigenvalue weighted by Crippen LogP contribution is 2.35. The number of rotatable bonds is 2. The van der Waals surface area contributed by atoms with Gasteiger partial charge >= 0.3 is 5.63 Å². The third-order valence-electron chi connectivity index (χ3n) is 6.33. The van der Waals surface area contributed by atoms with Crippen LogP contribution in [0.5, 0.6) is 5.88 Å². The van der Waals surface area contributed by atoms with E-state index in [-0.39, 0.29) is 30.9 Å². The number of pyridine rings is 1. The van der Waals surface area contributed by atoms with Crippen molar-refractivity contribution >= 4 is 33.5 Å². The van der Waals surface area contributed by atoms with E-state index in [9.17, 15) is 18.4 Å². The standard InChI is InChI=1S/C13H15FN2O2.C12H9FN2O2/c14-9-6-11-13(15-7-9)18-8-12(17)16(11)10-4-2-1-3-5-10;13-6-1-2-10-8(3-6)11-9(12(16)17-10)4-7(5-14)15-11/h6-7,10H,1-5,8H2;1-4,15H,5,14H2. The number of aromatic nitrogens is 2. The van der Waals surface area contributed by atoms with E-state index in [0.717, 1.165) is 31.9 Å². The van der Waals surface area contributed by atoms with E-state index in [0.29, 0.717) is 39.1 Å². The topological polar surface area (TPSA) is 114 Å². The minimum atomic E-state index is -0.449. The van der Waals surface area contributed by atoms with Crippen molar-refractivity contribution in [3.8, 4) is 5.88 Å². The van der Waals surface area contributed by atoms with Crippen LogP contribution in [0.2, 0.25) is 0 Å². The van der Waals surface area contributed by atoms with Gasteiger partial charge in [-0.3, -0.25) is 4.79 Å². The Morgan fingerprint density at radius 1 is 1.06 bits per heavy atom. The number of ether oxygens (including phenoxy) is 1. The number of nitrogens with zero attached hydrogens (tertiary/aromatic N) is 2. The zero-order valence-electron chi connectivity index (χ0n) is 18.9. The fourth-order valence-electron chi connectivity index (χ4n) is 4.71. The Balaban J connectivity index is 0.000000145. The second-order valence-electron chi connectivity index (χ2n) is 8.64. The smallest absolute Gasteiger partial charge is 0.345 e. The van der Waals surface area contributed by atoms with E-state index < -0.39 is 11.4 Å². The largest absolute Gasteiger partial charge is 0.466 e. The molecule has 1 aliphatic heterocycles. The molecule has 1 saturated carbocycles. The van der Waals surface area contributed by atoms with Crippen LogP contribution < -0.4 is 21.0 Å². The molecule has 6 rings (SSSR count). The number of amides is 1. The first kappa shape index (κ1) is 23.0. The number of aromatic amines is 1. The van der Waals surface area contributed by atoms with Crippen molar-refractivity contribution in [1.82, 2.24) is 9.97 Å². The molecule has 0 unspecified atom stereocenters. The van der Waals surface area contributed by atoms with Crippen LogP contribution in [0, 0.1) is 11.6 Å². The molecule has 0 spiro atoms. The van der Waals surface area contributed by atoms with Crippen LogP contribution in [-0.2, 0) is 11.3 Å². The van der Waals surface area contributed by atoms with E-state index >= 15 is 0 Å². The number of halogens is 2. The lowest BCUT2D eigenvalue weighted by Gasteiger charge is -2.37. The number of anilines is 1. The Morgan fingerprint density at radius 2 is 1.86 bits per heavy atom. The summed E-state index contributed by atoms with van der Waals surface area (Å²) in [4.78, 5) is 32.3. The molecule has 1 aliphatic carbocycles. The predicted octanol–water partition coefficient (Wildman–Crippen LogP) is 4.15. The average Bonchev–Trinajstić information content (AvgIpc) is 3.31. The Kier molecular flexibility index (Phi) is 6.21. The van der Waals surface area contributed by atoms with Gasteiger partial charge in [0.1, 0.15) is 22.9 Å². The summed E-state index contributed by atoms with van der Waals surface area (Å²) in [6.07, 6.45) is 6.51. The van der Waals surface area contributed by atoms with E-state index in [1.165, 1.54) is 30.7 Å². The van der Waals surface area contributed by atoms with Gasteiger partial charge in [0.25, 0.3) is 5.91 Å². The summed E-state index contributed by atoms with van der Waals surface area (Å²) in [6, 6.07) is 7.16. The first-order valence-electron chi connectivity index (χ1n) is 11.5. The molecule has 35 heavy (non-hydrogen) atoms. The summed E-state index contributed by atoms with van der Waals surface area (Å²) >= 11 is 0. The van der Waals surface area contributed by atoms with Gasteiger partial charge in [0.05, 0.1) is 17.1 Å². The van der Waals surface area contributed by atoms with Gasteiger partial charge in [-0.2, -0.15) is 0 Å². The highest BCUT2D eigenvalue weighted by atomic mass is 19.1. The molecular formula is C25H24F2N4O4. The van der Waals surface area contributed by atoms with Crippen LogP contribution in [-0.4, -0.2) is 28.5 Å². The fraction of sp³-hybridized carbons (Fsp3) is 0.320. The van der Waals surface area contributed by atoms with Gasteiger partial charge in [-0.1, -0.05) is 19.3 Å². The van der Waals surface area contributed by atoms with Gasteiger partial charge in [0.2, 0.25) is 5.88 Å². The maximum atomic E-state index is 13.3. The number of nitrogens with one attached hydrogen (secondary N) is 1. The third-order valence-corrected chi connectivity index (χ3v) is 6.33. The second-order valence-corrected chi connectivity index (χ2v) is 8.64. The summed E-state index contributed by atoms with van der Waals surface area (Å²) in [5.74, 6) is -0.548. The molecule has 1 amide bonds. The normalized spacial score (nSPS) is 16.1. The maximum absolute atomic E-state index is 13.3. The molecule has 182 valence electrons. The number of nitrogens with two attached hydrogens (primary N) is 1. The zero-order chi connectivity index (χ0) is 24.5. The lowest BCUT2D eigenvalue weighted by Crippen LogP contribution is -2.46. The van der Waals surface area contributed by atoms with Crippen LogP contribution in [0.25, 0.3) is 21.9 Å². The summed E-state index contributed by atoms with van der Waals surface area (Å²) < 4.78 is 36.8. The Bertz CT molecular complexity index is 1460. The number of fused-ring (bicyclic) bond motifs is 4. The second kappa shape index (κ2) is 9.46. The highest BCUT2D eigenvalue weighted by Gasteiger charge is 2.33. The Morgan fingerprint density at radius 3 is 2.63 bits per heavy atom. The van der Waals surface area contributed by atoms with Crippen molar-refractivity contribution in [1.29, 1.82) is 0 Å². The number of hydrogen-bond acceptors (Lipinski definition) is 6. The highest BCUT2D eigenvalue weighted by molar-refractivity contribution is 6.02. The molecule has 10 heteroatoms. The van der Waals surface area contributed by atoms with Crippen molar-refractivity contribution in [3.63, 3.8) is 0 Å². The van der Waals surface area contributed by atoms with Gasteiger partial charge in [-0.05, 0) is 37.1 Å². The van der Waals surface area contributed by atoms with Crippen molar-refractivity contribution in [3.05, 3.63) is 64.3 Å². The lowest BCUT2D eigenvalue weighted by atomic mass is 9.93. The minimum absolute atomic E-state index is 0.00212. The molecule has 1 fully saturated rings. The molecule has 1 aromatic carbocycles. The molecule has 0 bridgehead atoms. The van der Waals surface area contributed by atoms with Gasteiger partial charge < -0.3 is 24.8 Å². The predicted molar refractivity (Wildman–Crippen MR) is 126 cm³/mol. The third kappa shape index (κ3) is 4.49. The Labute approximate surface area is 198 Å². The molecule has 4 aromatic rings. The minimum Gasteiger partial charge on any atom is -0.466 e. The van der Waals surface area contributed by atoms with E-state index in [1.807, 2.05) is 0 Å². The van der Waals surface area contributed by atoms with E-state index in [2.05, 4.69) is 9.97 Å². The molecule has 8 nitrogen and oxygen atoms in total. The maximum Gasteiger partial charge on any atom is 0.345 e. The van der Waals surface area contributed by atoms with Crippen LogP contribution in [0.3, 0.4) is 0 Å². The molecule has 3 N–H and O–H groups in total. The summed E-state index contributed by atoms with van der Waals surface area (Å²) in [5.41, 5.74) is 7.17. The number of benzene rings is 1. The van der Waals surface area contributed by atoms with Crippen LogP contribution in [0.4, 0.5) is 14.5 Å². The summed E-state index contributed by atoms with van der Waals surface area (Å²) in [6.45, 7) is 0.285. The first-order valence-corrected chi connectivity index (χ1v) is 11.5. The van der Waals surface area contributed by atoms with Crippen molar-refractivity contribution < 1.29 is 22.7 Å². The number of hydrogen-bond donors (Lipinski definition) is 2. The SMILES string of the molecule is NCc1cc2c(=O)oc3ccc(F)cc3c2[nH]1.O=C1COc2ncc(F)cc2N1C1CCCCC1. The molecule has 2 aliphatic rings. The van der Waals surface area contributed by atoms with Gasteiger partial charge in [0.15, 0.2) is 6.61 Å². The fourth-order valence-corrected chi connectivity index (χ4v) is 4.71. The molecule has 4 heterocycles. The van der Waals surface area contributed by atoms with Gasteiger partial charge in [0, 0.05) is 29.7 Å². The quantitative estimate of drug-likeness (QED) is 0.415. The number of carbonyl (C=O) groups is 1.